The van der Waals surface area contributed by atoms with E-state index in [2.05, 4.69) is 26.0 Å². The lowest BCUT2D eigenvalue weighted by Crippen LogP contribution is -2.54. The molecule has 5 aliphatic rings. The van der Waals surface area contributed by atoms with Crippen molar-refractivity contribution in [2.45, 2.75) is 77.2 Å². The van der Waals surface area contributed by atoms with Crippen LogP contribution >= 0.6 is 0 Å². The summed E-state index contributed by atoms with van der Waals surface area (Å²) in [6, 6.07) is 0. The summed E-state index contributed by atoms with van der Waals surface area (Å²) in [4.78, 5) is 12.0. The molecule has 142 valence electrons. The monoisotopic (exact) mass is 356 g/mol. The number of hydrogen-bond acceptors (Lipinski definition) is 3. The van der Waals surface area contributed by atoms with E-state index in [1.165, 1.54) is 37.7 Å². The summed E-state index contributed by atoms with van der Waals surface area (Å²) >= 11 is 0. The Bertz CT molecular complexity index is 706. The molecule has 3 nitrogen and oxygen atoms in total. The van der Waals surface area contributed by atoms with Crippen LogP contribution in [0.4, 0.5) is 0 Å². The standard InChI is InChI=1S/C23H32O3/c1-21-10-6-16(25-3)14-15(21)4-5-17-18(21)7-11-22(2)19(17)8-12-23(22)13-9-20(24)26-23/h4,14,17-19H,5-13H2,1-3H3/t17-,18+,19-,21+,22-,23-/m1/s1. The highest BCUT2D eigenvalue weighted by Crippen LogP contribution is 2.69. The molecule has 0 unspecified atom stereocenters. The molecule has 3 fully saturated rings. The summed E-state index contributed by atoms with van der Waals surface area (Å²) in [5.74, 6) is 3.40. The third-order valence-electron chi connectivity index (χ3n) is 9.33. The largest absolute Gasteiger partial charge is 0.501 e. The number of methoxy groups -OCH3 is 1. The molecule has 1 aliphatic heterocycles. The van der Waals surface area contributed by atoms with Gasteiger partial charge in [0, 0.05) is 18.3 Å². The highest BCUT2D eigenvalue weighted by Gasteiger charge is 2.66. The SMILES string of the molecule is COC1=CC2=CC[C@H]3[C@H]4CC[C@@]5(CCC(=O)O5)[C@]4(C)CC[C@@H]3[C@@]2(C)CC1. The van der Waals surface area contributed by atoms with E-state index in [0.717, 1.165) is 36.9 Å². The second-order valence-corrected chi connectivity index (χ2v) is 9.97. The van der Waals surface area contributed by atoms with Gasteiger partial charge in [-0.3, -0.25) is 4.79 Å². The Morgan fingerprint density at radius 1 is 1.08 bits per heavy atom. The van der Waals surface area contributed by atoms with Gasteiger partial charge < -0.3 is 9.47 Å². The first-order valence-corrected chi connectivity index (χ1v) is 10.6. The third-order valence-corrected chi connectivity index (χ3v) is 9.33. The van der Waals surface area contributed by atoms with Crippen molar-refractivity contribution in [1.29, 1.82) is 0 Å². The molecule has 6 atom stereocenters. The Hall–Kier alpha value is -1.25. The molecule has 2 saturated carbocycles. The van der Waals surface area contributed by atoms with Crippen LogP contribution in [-0.4, -0.2) is 18.7 Å². The van der Waals surface area contributed by atoms with Gasteiger partial charge in [-0.1, -0.05) is 19.9 Å². The van der Waals surface area contributed by atoms with Gasteiger partial charge in [-0.2, -0.15) is 0 Å². The van der Waals surface area contributed by atoms with Gasteiger partial charge >= 0.3 is 5.97 Å². The minimum atomic E-state index is -0.152. The summed E-state index contributed by atoms with van der Waals surface area (Å²) in [6.45, 7) is 4.95. The molecule has 0 bridgehead atoms. The van der Waals surface area contributed by atoms with Gasteiger partial charge in [-0.25, -0.2) is 0 Å². The van der Waals surface area contributed by atoms with Crippen molar-refractivity contribution in [3.63, 3.8) is 0 Å². The van der Waals surface area contributed by atoms with Gasteiger partial charge in [0.15, 0.2) is 0 Å². The van der Waals surface area contributed by atoms with Crippen LogP contribution in [0.25, 0.3) is 0 Å². The van der Waals surface area contributed by atoms with Crippen molar-refractivity contribution in [3.8, 4) is 0 Å². The lowest BCUT2D eigenvalue weighted by atomic mass is 9.47. The second-order valence-electron chi connectivity index (χ2n) is 9.97. The number of esters is 1. The molecule has 0 aromatic rings. The van der Waals surface area contributed by atoms with Crippen molar-refractivity contribution in [3.05, 3.63) is 23.5 Å². The van der Waals surface area contributed by atoms with Gasteiger partial charge in [0.1, 0.15) is 5.60 Å². The van der Waals surface area contributed by atoms with E-state index in [4.69, 9.17) is 9.47 Å². The molecule has 0 radical (unpaired) electrons. The van der Waals surface area contributed by atoms with E-state index < -0.39 is 0 Å². The van der Waals surface area contributed by atoms with Crippen molar-refractivity contribution in [1.82, 2.24) is 0 Å². The molecule has 0 aromatic heterocycles. The lowest BCUT2D eigenvalue weighted by Gasteiger charge is -2.58. The van der Waals surface area contributed by atoms with Crippen molar-refractivity contribution >= 4 is 5.97 Å². The molecule has 0 N–H and O–H groups in total. The maximum atomic E-state index is 12.0. The zero-order chi connectivity index (χ0) is 18.2. The van der Waals surface area contributed by atoms with E-state index in [9.17, 15) is 4.79 Å². The lowest BCUT2D eigenvalue weighted by molar-refractivity contribution is -0.167. The topological polar surface area (TPSA) is 35.5 Å². The normalized spacial score (nSPS) is 49.7. The van der Waals surface area contributed by atoms with Gasteiger partial charge in [-0.15, -0.1) is 0 Å². The third kappa shape index (κ3) is 1.98. The van der Waals surface area contributed by atoms with Crippen LogP contribution < -0.4 is 0 Å². The maximum Gasteiger partial charge on any atom is 0.306 e. The Kier molecular flexibility index (Phi) is 3.50. The fourth-order valence-electron chi connectivity index (χ4n) is 7.76. The number of rotatable bonds is 1. The molecular formula is C23H32O3. The van der Waals surface area contributed by atoms with Crippen LogP contribution in [0.3, 0.4) is 0 Å². The zero-order valence-corrected chi connectivity index (χ0v) is 16.5. The summed E-state index contributed by atoms with van der Waals surface area (Å²) < 4.78 is 11.6. The Balaban J connectivity index is 1.49. The van der Waals surface area contributed by atoms with Gasteiger partial charge in [0.2, 0.25) is 0 Å². The predicted molar refractivity (Wildman–Crippen MR) is 100 cm³/mol. The molecule has 3 heteroatoms. The average Bonchev–Trinajstić information content (AvgIpc) is 3.15. The average molecular weight is 357 g/mol. The number of carbonyl (C=O) groups is 1. The van der Waals surface area contributed by atoms with Crippen LogP contribution in [0.2, 0.25) is 0 Å². The minimum Gasteiger partial charge on any atom is -0.501 e. The molecule has 1 spiro atoms. The second kappa shape index (κ2) is 5.39. The van der Waals surface area contributed by atoms with E-state index in [-0.39, 0.29) is 17.0 Å². The highest BCUT2D eigenvalue weighted by atomic mass is 16.6. The van der Waals surface area contributed by atoms with Crippen molar-refractivity contribution in [2.75, 3.05) is 7.11 Å². The first-order chi connectivity index (χ1) is 12.4. The summed E-state index contributed by atoms with van der Waals surface area (Å²) in [6.07, 6.45) is 14.7. The molecule has 0 aromatic carbocycles. The van der Waals surface area contributed by atoms with Gasteiger partial charge in [-0.05, 0) is 79.8 Å². The Morgan fingerprint density at radius 3 is 2.62 bits per heavy atom. The van der Waals surface area contributed by atoms with E-state index in [0.29, 0.717) is 17.8 Å². The summed E-state index contributed by atoms with van der Waals surface area (Å²) in [5, 5.41) is 0. The molecule has 4 aliphatic carbocycles. The summed E-state index contributed by atoms with van der Waals surface area (Å²) in [7, 11) is 1.80. The molecule has 5 rings (SSSR count). The van der Waals surface area contributed by atoms with Crippen LogP contribution in [0, 0.1) is 28.6 Å². The zero-order valence-electron chi connectivity index (χ0n) is 16.5. The van der Waals surface area contributed by atoms with Crippen molar-refractivity contribution in [2.24, 2.45) is 28.6 Å². The number of hydrogen-bond donors (Lipinski definition) is 0. The highest BCUT2D eigenvalue weighted by molar-refractivity contribution is 5.72. The maximum absolute atomic E-state index is 12.0. The van der Waals surface area contributed by atoms with Gasteiger partial charge in [0.05, 0.1) is 12.9 Å². The fraction of sp³-hybridized carbons (Fsp3) is 0.783. The minimum absolute atomic E-state index is 0.0382. The molecule has 26 heavy (non-hydrogen) atoms. The van der Waals surface area contributed by atoms with Crippen LogP contribution in [0.1, 0.15) is 71.6 Å². The first kappa shape index (κ1) is 16.9. The van der Waals surface area contributed by atoms with Crippen molar-refractivity contribution < 1.29 is 14.3 Å². The number of carbonyl (C=O) groups excluding carboxylic acids is 1. The summed E-state index contributed by atoms with van der Waals surface area (Å²) in [5.41, 5.74) is 1.85. The molecule has 1 saturated heterocycles. The Morgan fingerprint density at radius 2 is 1.88 bits per heavy atom. The number of fused-ring (bicyclic) bond motifs is 6. The smallest absolute Gasteiger partial charge is 0.306 e. The van der Waals surface area contributed by atoms with E-state index in [1.807, 2.05) is 0 Å². The van der Waals surface area contributed by atoms with Crippen LogP contribution in [0.15, 0.2) is 23.5 Å². The molecular weight excluding hydrogens is 324 g/mol. The molecule has 1 heterocycles. The predicted octanol–water partition coefficient (Wildman–Crippen LogP) is 5.17. The van der Waals surface area contributed by atoms with E-state index >= 15 is 0 Å². The van der Waals surface area contributed by atoms with Gasteiger partial charge in [0.25, 0.3) is 0 Å². The number of ether oxygens (including phenoxy) is 2. The fourth-order valence-corrected chi connectivity index (χ4v) is 7.76. The van der Waals surface area contributed by atoms with Crippen LogP contribution in [-0.2, 0) is 14.3 Å². The van der Waals surface area contributed by atoms with Crippen LogP contribution in [0.5, 0.6) is 0 Å². The van der Waals surface area contributed by atoms with E-state index in [1.54, 1.807) is 7.11 Å². The molecule has 0 amide bonds. The number of allylic oxidation sites excluding steroid dienone is 4. The quantitative estimate of drug-likeness (QED) is 0.608. The Labute approximate surface area is 157 Å². The first-order valence-electron chi connectivity index (χ1n) is 10.6.